The monoisotopic (exact) mass is 412 g/mol. The summed E-state index contributed by atoms with van der Waals surface area (Å²) >= 11 is 0. The molecule has 0 spiro atoms. The lowest BCUT2D eigenvalue weighted by atomic mass is 10.1. The van der Waals surface area contributed by atoms with Gasteiger partial charge in [-0.25, -0.2) is 5.43 Å². The molecular weight excluding hydrogens is 384 g/mol. The summed E-state index contributed by atoms with van der Waals surface area (Å²) in [5.74, 6) is 0.0726. The van der Waals surface area contributed by atoms with E-state index < -0.39 is 0 Å². The first-order valence-corrected chi connectivity index (χ1v) is 9.65. The smallest absolute Gasteiger partial charge is 0.271 e. The molecule has 2 rings (SSSR count). The first-order chi connectivity index (χ1) is 14.4. The van der Waals surface area contributed by atoms with Crippen LogP contribution in [0, 0.1) is 6.92 Å². The summed E-state index contributed by atoms with van der Waals surface area (Å²) < 4.78 is 10.8. The van der Waals surface area contributed by atoms with Gasteiger partial charge >= 0.3 is 0 Å². The molecule has 160 valence electrons. The number of nitrogens with zero attached hydrogens (tertiary/aromatic N) is 1. The number of hydrazone groups is 1. The fourth-order valence-electron chi connectivity index (χ4n) is 2.74. The van der Waals surface area contributed by atoms with Crippen molar-refractivity contribution >= 4 is 23.7 Å². The molecule has 2 amide bonds. The number of benzene rings is 2. The predicted octanol–water partition coefficient (Wildman–Crippen LogP) is 2.89. The average Bonchev–Trinajstić information content (AvgIpc) is 2.74. The average molecular weight is 412 g/mol. The quantitative estimate of drug-likeness (QED) is 0.254. The minimum atomic E-state index is -0.361. The van der Waals surface area contributed by atoms with Crippen LogP contribution >= 0.6 is 0 Å². The van der Waals surface area contributed by atoms with Crippen molar-refractivity contribution in [3.63, 3.8) is 0 Å². The van der Waals surface area contributed by atoms with Crippen LogP contribution in [-0.4, -0.2) is 38.8 Å². The van der Waals surface area contributed by atoms with Gasteiger partial charge in [-0.2, -0.15) is 5.10 Å². The Hall–Kier alpha value is -3.55. The van der Waals surface area contributed by atoms with E-state index in [-0.39, 0.29) is 11.8 Å². The van der Waals surface area contributed by atoms with E-state index in [2.05, 4.69) is 22.8 Å². The number of nitrogens with one attached hydrogen (secondary N) is 2. The molecule has 2 aromatic rings. The maximum Gasteiger partial charge on any atom is 0.271 e. The van der Waals surface area contributed by atoms with Gasteiger partial charge in [-0.05, 0) is 49.2 Å². The van der Waals surface area contributed by atoms with Crippen LogP contribution in [-0.2, 0) is 0 Å². The summed E-state index contributed by atoms with van der Waals surface area (Å²) in [6, 6.07) is 8.30. The Balaban J connectivity index is 2.18. The van der Waals surface area contributed by atoms with Crippen LogP contribution in [0.15, 0.2) is 35.4 Å². The van der Waals surface area contributed by atoms with Gasteiger partial charge in [0, 0.05) is 23.4 Å². The molecule has 0 saturated heterocycles. The van der Waals surface area contributed by atoms with Crippen LogP contribution in [0.5, 0.6) is 11.5 Å². The summed E-state index contributed by atoms with van der Waals surface area (Å²) in [5, 5.41) is 6.84. The Morgan fingerprint density at radius 3 is 2.33 bits per heavy atom. The highest BCUT2D eigenvalue weighted by Crippen LogP contribution is 2.30. The van der Waals surface area contributed by atoms with Gasteiger partial charge in [0.25, 0.3) is 11.8 Å². The van der Waals surface area contributed by atoms with Gasteiger partial charge in [-0.1, -0.05) is 13.3 Å². The molecule has 8 heteroatoms. The summed E-state index contributed by atoms with van der Waals surface area (Å²) in [5.41, 5.74) is 11.0. The van der Waals surface area contributed by atoms with E-state index in [4.69, 9.17) is 15.2 Å². The highest BCUT2D eigenvalue weighted by molar-refractivity contribution is 6.01. The zero-order valence-corrected chi connectivity index (χ0v) is 17.7. The van der Waals surface area contributed by atoms with Gasteiger partial charge in [0.2, 0.25) is 0 Å². The topological polar surface area (TPSA) is 115 Å². The second kappa shape index (κ2) is 10.8. The second-order valence-electron chi connectivity index (χ2n) is 6.68. The van der Waals surface area contributed by atoms with Crippen LogP contribution in [0.25, 0.3) is 0 Å². The molecule has 0 aliphatic rings. The number of carbonyl (C=O) groups excluding carboxylic acids is 2. The predicted molar refractivity (Wildman–Crippen MR) is 117 cm³/mol. The molecule has 0 bridgehead atoms. The number of unbranched alkanes of at least 4 members (excludes halogenated alkanes) is 1. The third kappa shape index (κ3) is 5.73. The van der Waals surface area contributed by atoms with Crippen molar-refractivity contribution in [1.29, 1.82) is 0 Å². The molecule has 30 heavy (non-hydrogen) atoms. The number of aryl methyl sites for hydroxylation is 1. The van der Waals surface area contributed by atoms with Crippen LogP contribution in [0.4, 0.5) is 5.69 Å². The van der Waals surface area contributed by atoms with Crippen LogP contribution in [0.3, 0.4) is 0 Å². The normalized spacial score (nSPS) is 10.7. The van der Waals surface area contributed by atoms with Crippen LogP contribution in [0.1, 0.15) is 51.6 Å². The van der Waals surface area contributed by atoms with E-state index in [1.54, 1.807) is 30.3 Å². The zero-order chi connectivity index (χ0) is 22.1. The van der Waals surface area contributed by atoms with E-state index in [9.17, 15) is 9.59 Å². The molecule has 4 N–H and O–H groups in total. The molecule has 0 aliphatic heterocycles. The van der Waals surface area contributed by atoms with E-state index in [0.717, 1.165) is 18.4 Å². The summed E-state index contributed by atoms with van der Waals surface area (Å²) in [6.45, 7) is 4.45. The zero-order valence-electron chi connectivity index (χ0n) is 17.7. The maximum absolute atomic E-state index is 12.5. The highest BCUT2D eigenvalue weighted by Gasteiger charge is 2.19. The van der Waals surface area contributed by atoms with Crippen molar-refractivity contribution in [2.24, 2.45) is 5.10 Å². The van der Waals surface area contributed by atoms with E-state index in [0.29, 0.717) is 40.4 Å². The van der Waals surface area contributed by atoms with Gasteiger partial charge in [-0.15, -0.1) is 0 Å². The van der Waals surface area contributed by atoms with Gasteiger partial charge in [-0.3, -0.25) is 9.59 Å². The van der Waals surface area contributed by atoms with Crippen molar-refractivity contribution in [3.8, 4) is 11.5 Å². The van der Waals surface area contributed by atoms with Gasteiger partial charge < -0.3 is 20.5 Å². The Bertz CT molecular complexity index is 916. The lowest BCUT2D eigenvalue weighted by molar-refractivity contribution is 0.0942. The molecule has 8 nitrogen and oxygen atoms in total. The largest absolute Gasteiger partial charge is 0.496 e. The molecule has 2 aromatic carbocycles. The number of amides is 2. The lowest BCUT2D eigenvalue weighted by Crippen LogP contribution is -2.25. The third-order valence-corrected chi connectivity index (χ3v) is 4.48. The van der Waals surface area contributed by atoms with Gasteiger partial charge in [0.1, 0.15) is 17.1 Å². The van der Waals surface area contributed by atoms with Crippen LogP contribution in [0.2, 0.25) is 0 Å². The Morgan fingerprint density at radius 1 is 1.10 bits per heavy atom. The van der Waals surface area contributed by atoms with Crippen molar-refractivity contribution < 1.29 is 19.1 Å². The molecule has 0 aromatic heterocycles. The van der Waals surface area contributed by atoms with E-state index >= 15 is 0 Å². The fraction of sp³-hybridized carbons (Fsp3) is 0.318. The molecule has 0 heterocycles. The third-order valence-electron chi connectivity index (χ3n) is 4.48. The van der Waals surface area contributed by atoms with Crippen molar-refractivity contribution in [3.05, 3.63) is 52.6 Å². The summed E-state index contributed by atoms with van der Waals surface area (Å²) in [4.78, 5) is 24.8. The first-order valence-electron chi connectivity index (χ1n) is 9.65. The molecule has 0 aliphatic carbocycles. The first kappa shape index (κ1) is 22.7. The number of nitrogen functional groups attached to an aromatic ring is 1. The van der Waals surface area contributed by atoms with Gasteiger partial charge in [0.15, 0.2) is 0 Å². The van der Waals surface area contributed by atoms with Crippen molar-refractivity contribution in [2.45, 2.75) is 26.7 Å². The van der Waals surface area contributed by atoms with Gasteiger partial charge in [0.05, 0.1) is 20.4 Å². The fourth-order valence-corrected chi connectivity index (χ4v) is 2.74. The molecule has 0 atom stereocenters. The molecular formula is C22H28N4O4. The lowest BCUT2D eigenvalue weighted by Gasteiger charge is -2.14. The minimum absolute atomic E-state index is 0.271. The number of methoxy groups -OCH3 is 2. The Labute approximate surface area is 176 Å². The molecule has 0 saturated carbocycles. The number of anilines is 1. The summed E-state index contributed by atoms with van der Waals surface area (Å²) in [6.07, 6.45) is 3.31. The van der Waals surface area contributed by atoms with E-state index in [1.165, 1.54) is 20.4 Å². The molecule has 0 radical (unpaired) electrons. The standard InChI is InChI=1S/C22H28N4O4/c1-5-6-9-24-22(28)20-18(29-3)11-15(12-19(20)30-4)13-25-26-21(27)16-7-8-17(23)14(2)10-16/h7-8,10-13H,5-6,9,23H2,1-4H3,(H,24,28)(H,26,27)/b25-13+. The number of ether oxygens (including phenoxy) is 2. The minimum Gasteiger partial charge on any atom is -0.496 e. The Morgan fingerprint density at radius 2 is 1.77 bits per heavy atom. The molecule has 0 fully saturated rings. The molecule has 0 unspecified atom stereocenters. The number of hydrogen-bond donors (Lipinski definition) is 3. The number of carbonyl (C=O) groups is 2. The maximum atomic E-state index is 12.5. The number of rotatable bonds is 9. The Kier molecular flexibility index (Phi) is 8.22. The van der Waals surface area contributed by atoms with Crippen LogP contribution < -0.4 is 25.9 Å². The van der Waals surface area contributed by atoms with Crippen molar-refractivity contribution in [2.75, 3.05) is 26.5 Å². The highest BCUT2D eigenvalue weighted by atomic mass is 16.5. The SMILES string of the molecule is CCCCNC(=O)c1c(OC)cc(/C=N/NC(=O)c2ccc(N)c(C)c2)cc1OC. The van der Waals surface area contributed by atoms with E-state index in [1.807, 2.05) is 6.92 Å². The number of nitrogens with two attached hydrogens (primary N) is 1. The van der Waals surface area contributed by atoms with Crippen molar-refractivity contribution in [1.82, 2.24) is 10.7 Å². The number of hydrogen-bond acceptors (Lipinski definition) is 6. The second-order valence-corrected chi connectivity index (χ2v) is 6.68. The summed E-state index contributed by atoms with van der Waals surface area (Å²) in [7, 11) is 2.95.